The summed E-state index contributed by atoms with van der Waals surface area (Å²) >= 11 is 0. The van der Waals surface area contributed by atoms with Crippen LogP contribution in [0.1, 0.15) is 22.7 Å². The lowest BCUT2D eigenvalue weighted by Gasteiger charge is -2.37. The topological polar surface area (TPSA) is 82.2 Å². The molecule has 8 nitrogen and oxygen atoms in total. The summed E-state index contributed by atoms with van der Waals surface area (Å²) in [5.41, 5.74) is 4.00. The van der Waals surface area contributed by atoms with Gasteiger partial charge >= 0.3 is 0 Å². The summed E-state index contributed by atoms with van der Waals surface area (Å²) in [4.78, 5) is 19.7. The minimum Gasteiger partial charge on any atom is -0.493 e. The number of anilines is 1. The van der Waals surface area contributed by atoms with Gasteiger partial charge in [-0.3, -0.25) is 14.7 Å². The van der Waals surface area contributed by atoms with Crippen molar-refractivity contribution in [1.82, 2.24) is 9.88 Å². The maximum atomic E-state index is 14.3. The molecule has 0 spiro atoms. The molecule has 4 aromatic rings. The summed E-state index contributed by atoms with van der Waals surface area (Å²) < 4.78 is 36.4. The highest BCUT2D eigenvalue weighted by molar-refractivity contribution is 6.01. The van der Waals surface area contributed by atoms with E-state index in [-0.39, 0.29) is 24.0 Å². The maximum absolute atomic E-state index is 14.3. The summed E-state index contributed by atoms with van der Waals surface area (Å²) in [5.74, 6) is 1.98. The molecule has 1 aromatic heterocycles. The number of hydrogen-bond acceptors (Lipinski definition) is 7. The highest BCUT2D eigenvalue weighted by atomic mass is 19.1. The van der Waals surface area contributed by atoms with Crippen molar-refractivity contribution < 1.29 is 28.1 Å². The molecule has 0 saturated carbocycles. The Hall–Kier alpha value is -4.37. The Morgan fingerprint density at radius 2 is 1.68 bits per heavy atom. The molecule has 2 heterocycles. The number of pyridine rings is 1. The van der Waals surface area contributed by atoms with Gasteiger partial charge in [0, 0.05) is 24.2 Å². The van der Waals surface area contributed by atoms with Crippen LogP contribution in [-0.4, -0.2) is 57.3 Å². The number of carbonyl (C=O) groups is 1. The van der Waals surface area contributed by atoms with Crippen molar-refractivity contribution in [2.24, 2.45) is 0 Å². The Bertz CT molecular complexity index is 1540. The average molecular weight is 546 g/mol. The van der Waals surface area contributed by atoms with Gasteiger partial charge in [-0.25, -0.2) is 4.39 Å². The smallest absolute Gasteiger partial charge is 0.238 e. The van der Waals surface area contributed by atoms with Gasteiger partial charge in [0.15, 0.2) is 23.0 Å². The van der Waals surface area contributed by atoms with Crippen molar-refractivity contribution in [3.8, 4) is 23.0 Å². The van der Waals surface area contributed by atoms with Crippen LogP contribution >= 0.6 is 0 Å². The molecule has 0 saturated heterocycles. The van der Waals surface area contributed by atoms with Crippen LogP contribution in [-0.2, 0) is 17.6 Å². The van der Waals surface area contributed by atoms with Crippen LogP contribution in [0.4, 0.5) is 10.1 Å². The standard InChI is InChI=1S/C31H32FN3O5/c1-37-26-9-8-19(15-27(26)38-2)14-25-22-17-29(40-4)28(39-3)16-20(22)11-13-35(25)18-30(36)34-24-10-12-33-31-21(24)6-5-7-23(31)32/h5-10,12,15-17,25H,11,13-14,18H2,1-4H3,(H,33,34,36). The molecule has 40 heavy (non-hydrogen) atoms. The zero-order valence-corrected chi connectivity index (χ0v) is 23.0. The molecule has 1 atom stereocenters. The van der Waals surface area contributed by atoms with E-state index in [9.17, 15) is 9.18 Å². The highest BCUT2D eigenvalue weighted by Gasteiger charge is 2.31. The molecule has 0 bridgehead atoms. The minimum atomic E-state index is -0.430. The quantitative estimate of drug-likeness (QED) is 0.310. The van der Waals surface area contributed by atoms with E-state index in [1.165, 1.54) is 12.3 Å². The number of fused-ring (bicyclic) bond motifs is 2. The van der Waals surface area contributed by atoms with Crippen LogP contribution in [0.15, 0.2) is 60.8 Å². The van der Waals surface area contributed by atoms with E-state index in [4.69, 9.17) is 18.9 Å². The molecular weight excluding hydrogens is 513 g/mol. The first-order valence-electron chi connectivity index (χ1n) is 13.0. The van der Waals surface area contributed by atoms with Gasteiger partial charge < -0.3 is 24.3 Å². The number of para-hydroxylation sites is 1. The SMILES string of the molecule is COc1ccc(CC2c3cc(OC)c(OC)cc3CCN2CC(=O)Nc2ccnc3c(F)cccc23)cc1OC. The molecule has 1 unspecified atom stereocenters. The summed E-state index contributed by atoms with van der Waals surface area (Å²) in [6.45, 7) is 0.810. The van der Waals surface area contributed by atoms with Crippen LogP contribution < -0.4 is 24.3 Å². The number of aromatic nitrogens is 1. The fourth-order valence-corrected chi connectivity index (χ4v) is 5.36. The third-order valence-electron chi connectivity index (χ3n) is 7.33. The Kier molecular flexibility index (Phi) is 8.02. The van der Waals surface area contributed by atoms with E-state index in [2.05, 4.69) is 15.2 Å². The van der Waals surface area contributed by atoms with Gasteiger partial charge in [-0.05, 0) is 65.9 Å². The molecule has 0 radical (unpaired) electrons. The first-order chi connectivity index (χ1) is 19.4. The summed E-state index contributed by atoms with van der Waals surface area (Å²) in [6.07, 6.45) is 2.87. The Morgan fingerprint density at radius 1 is 0.950 bits per heavy atom. The van der Waals surface area contributed by atoms with E-state index in [1.807, 2.05) is 30.3 Å². The van der Waals surface area contributed by atoms with Crippen LogP contribution in [0, 0.1) is 5.82 Å². The maximum Gasteiger partial charge on any atom is 0.238 e. The highest BCUT2D eigenvalue weighted by Crippen LogP contribution is 2.40. The van der Waals surface area contributed by atoms with Crippen LogP contribution in [0.25, 0.3) is 10.9 Å². The van der Waals surface area contributed by atoms with E-state index in [1.54, 1.807) is 46.6 Å². The van der Waals surface area contributed by atoms with Crippen molar-refractivity contribution in [2.45, 2.75) is 18.9 Å². The number of hydrogen-bond donors (Lipinski definition) is 1. The lowest BCUT2D eigenvalue weighted by atomic mass is 9.88. The second kappa shape index (κ2) is 11.8. The number of methoxy groups -OCH3 is 4. The number of carbonyl (C=O) groups excluding carboxylic acids is 1. The molecule has 1 aliphatic heterocycles. The second-order valence-corrected chi connectivity index (χ2v) is 9.58. The summed E-state index contributed by atoms with van der Waals surface area (Å²) in [6, 6.07) is 16.1. The summed E-state index contributed by atoms with van der Waals surface area (Å²) in [7, 11) is 6.46. The van der Waals surface area contributed by atoms with E-state index < -0.39 is 5.82 Å². The van der Waals surface area contributed by atoms with Gasteiger partial charge in [0.2, 0.25) is 5.91 Å². The Labute approximate surface area is 232 Å². The molecular formula is C31H32FN3O5. The van der Waals surface area contributed by atoms with E-state index >= 15 is 0 Å². The summed E-state index contributed by atoms with van der Waals surface area (Å²) in [5, 5.41) is 3.53. The van der Waals surface area contributed by atoms with Gasteiger partial charge in [0.25, 0.3) is 0 Å². The molecule has 0 aliphatic carbocycles. The van der Waals surface area contributed by atoms with Gasteiger partial charge in [0.05, 0.1) is 40.7 Å². The zero-order valence-electron chi connectivity index (χ0n) is 23.0. The third kappa shape index (κ3) is 5.37. The lowest BCUT2D eigenvalue weighted by Crippen LogP contribution is -2.41. The third-order valence-corrected chi connectivity index (χ3v) is 7.33. The fourth-order valence-electron chi connectivity index (χ4n) is 5.36. The van der Waals surface area contributed by atoms with Crippen molar-refractivity contribution in [1.29, 1.82) is 0 Å². The fraction of sp³-hybridized carbons (Fsp3) is 0.290. The van der Waals surface area contributed by atoms with Crippen LogP contribution in [0.3, 0.4) is 0 Å². The number of amides is 1. The van der Waals surface area contributed by atoms with Crippen molar-refractivity contribution in [2.75, 3.05) is 46.8 Å². The van der Waals surface area contributed by atoms with E-state index in [0.717, 1.165) is 23.1 Å². The first-order valence-corrected chi connectivity index (χ1v) is 13.0. The molecule has 1 amide bonds. The zero-order chi connectivity index (χ0) is 28.2. The van der Waals surface area contributed by atoms with E-state index in [0.29, 0.717) is 47.0 Å². The molecule has 1 N–H and O–H groups in total. The number of rotatable bonds is 9. The van der Waals surface area contributed by atoms with Crippen molar-refractivity contribution >= 4 is 22.5 Å². The number of halogens is 1. The molecule has 1 aliphatic rings. The monoisotopic (exact) mass is 545 g/mol. The van der Waals surface area contributed by atoms with Crippen LogP contribution in [0.5, 0.6) is 23.0 Å². The Morgan fingerprint density at radius 3 is 2.42 bits per heavy atom. The molecule has 208 valence electrons. The van der Waals surface area contributed by atoms with Crippen molar-refractivity contribution in [3.05, 3.63) is 83.3 Å². The van der Waals surface area contributed by atoms with Gasteiger partial charge in [-0.2, -0.15) is 0 Å². The largest absolute Gasteiger partial charge is 0.493 e. The molecule has 0 fully saturated rings. The predicted molar refractivity (Wildman–Crippen MR) is 151 cm³/mol. The second-order valence-electron chi connectivity index (χ2n) is 9.58. The van der Waals surface area contributed by atoms with Gasteiger partial charge in [0.1, 0.15) is 11.3 Å². The predicted octanol–water partition coefficient (Wildman–Crippen LogP) is 5.19. The van der Waals surface area contributed by atoms with Gasteiger partial charge in [-0.15, -0.1) is 0 Å². The normalized spacial score (nSPS) is 14.9. The average Bonchev–Trinajstić information content (AvgIpc) is 2.98. The van der Waals surface area contributed by atoms with Crippen molar-refractivity contribution in [3.63, 3.8) is 0 Å². The number of ether oxygens (including phenoxy) is 4. The number of benzene rings is 3. The first kappa shape index (κ1) is 27.2. The number of nitrogens with zero attached hydrogens (tertiary/aromatic N) is 2. The Balaban J connectivity index is 1.46. The molecule has 5 rings (SSSR count). The van der Waals surface area contributed by atoms with Gasteiger partial charge in [-0.1, -0.05) is 18.2 Å². The molecule has 3 aromatic carbocycles. The number of nitrogens with one attached hydrogen (secondary N) is 1. The lowest BCUT2D eigenvalue weighted by molar-refractivity contribution is -0.118. The minimum absolute atomic E-state index is 0.126. The van der Waals surface area contributed by atoms with Crippen LogP contribution in [0.2, 0.25) is 0 Å². The molecule has 9 heteroatoms.